The van der Waals surface area contributed by atoms with Crippen LogP contribution >= 0.6 is 0 Å². The second-order valence-corrected chi connectivity index (χ2v) is 6.78. The average molecular weight is 309 g/mol. The number of hydrogen-bond donors (Lipinski definition) is 1. The van der Waals surface area contributed by atoms with Crippen molar-refractivity contribution in [2.24, 2.45) is 0 Å². The summed E-state index contributed by atoms with van der Waals surface area (Å²) in [6.45, 7) is 2.26. The third-order valence-corrected chi connectivity index (χ3v) is 4.48. The molecule has 0 aromatic rings. The molecule has 1 saturated carbocycles. The molecule has 22 heavy (non-hydrogen) atoms. The predicted octanol–water partition coefficient (Wildman–Crippen LogP) is 4.93. The van der Waals surface area contributed by atoms with Gasteiger partial charge in [0, 0.05) is 12.8 Å². The fourth-order valence-corrected chi connectivity index (χ4v) is 2.84. The first-order valence-corrected chi connectivity index (χ1v) is 9.56. The number of carbonyl (C=O) groups is 2. The number of hydrogen-bond acceptors (Lipinski definition) is 2. The Morgan fingerprint density at radius 3 is 1.68 bits per heavy atom. The Bertz CT molecular complexity index is 315. The lowest BCUT2D eigenvalue weighted by Gasteiger charge is -2.03. The second-order valence-electron chi connectivity index (χ2n) is 6.78. The fraction of sp³-hybridized carbons (Fsp3) is 0.895. The summed E-state index contributed by atoms with van der Waals surface area (Å²) in [6.07, 6.45) is 18.3. The maximum absolute atomic E-state index is 11.5. The van der Waals surface area contributed by atoms with Crippen molar-refractivity contribution >= 4 is 11.7 Å². The van der Waals surface area contributed by atoms with E-state index in [2.05, 4.69) is 12.2 Å². The Balaban J connectivity index is 1.71. The van der Waals surface area contributed by atoms with Crippen LogP contribution in [0.2, 0.25) is 0 Å². The Kier molecular flexibility index (Phi) is 11.0. The average Bonchev–Trinajstić information content (AvgIpc) is 3.19. The summed E-state index contributed by atoms with van der Waals surface area (Å²) in [4.78, 5) is 22.3. The van der Waals surface area contributed by atoms with Crippen LogP contribution in [0.5, 0.6) is 0 Å². The molecule has 3 nitrogen and oxygen atoms in total. The number of amides is 1. The summed E-state index contributed by atoms with van der Waals surface area (Å²) < 4.78 is 0. The number of Topliss-reactive ketones (excluding diaryl/α,β-unsaturated/α-hetero) is 1. The van der Waals surface area contributed by atoms with Gasteiger partial charge in [0.1, 0.15) is 0 Å². The second kappa shape index (κ2) is 12.7. The topological polar surface area (TPSA) is 46.2 Å². The van der Waals surface area contributed by atoms with Gasteiger partial charge in [0.05, 0.1) is 6.04 Å². The van der Waals surface area contributed by atoms with Crippen LogP contribution in [-0.4, -0.2) is 17.7 Å². The van der Waals surface area contributed by atoms with Gasteiger partial charge in [-0.15, -0.1) is 0 Å². The minimum Gasteiger partial charge on any atom is -0.346 e. The molecule has 0 radical (unpaired) electrons. The normalized spacial score (nSPS) is 16.8. The highest BCUT2D eigenvalue weighted by atomic mass is 16.2. The highest BCUT2D eigenvalue weighted by Crippen LogP contribution is 2.15. The Morgan fingerprint density at radius 2 is 1.27 bits per heavy atom. The molecule has 3 heteroatoms. The molecular formula is C19H35NO2. The molecule has 1 amide bonds. The first-order valence-electron chi connectivity index (χ1n) is 9.56. The Labute approximate surface area is 136 Å². The van der Waals surface area contributed by atoms with Gasteiger partial charge in [0.15, 0.2) is 5.78 Å². The third kappa shape index (κ3) is 10.8. The van der Waals surface area contributed by atoms with Crippen molar-refractivity contribution < 1.29 is 9.59 Å². The van der Waals surface area contributed by atoms with Crippen LogP contribution in [0, 0.1) is 0 Å². The molecule has 1 aliphatic rings. The molecule has 128 valence electrons. The molecule has 0 saturated heterocycles. The summed E-state index contributed by atoms with van der Waals surface area (Å²) in [5.41, 5.74) is 0. The van der Waals surface area contributed by atoms with E-state index in [0.29, 0.717) is 12.8 Å². The highest BCUT2D eigenvalue weighted by Gasteiger charge is 2.35. The lowest BCUT2D eigenvalue weighted by Crippen LogP contribution is -2.26. The fourth-order valence-electron chi connectivity index (χ4n) is 2.84. The van der Waals surface area contributed by atoms with E-state index in [1.165, 1.54) is 70.6 Å². The summed E-state index contributed by atoms with van der Waals surface area (Å²) in [7, 11) is 0. The van der Waals surface area contributed by atoms with Gasteiger partial charge in [-0.05, 0) is 6.42 Å². The summed E-state index contributed by atoms with van der Waals surface area (Å²) >= 11 is 0. The number of unbranched alkanes of at least 4 members (excludes halogenated alkanes) is 12. The number of carbonyl (C=O) groups excluding carboxylic acids is 2. The van der Waals surface area contributed by atoms with E-state index in [0.717, 1.165) is 12.8 Å². The zero-order valence-corrected chi connectivity index (χ0v) is 14.5. The summed E-state index contributed by atoms with van der Waals surface area (Å²) in [5.74, 6) is 0.234. The minimum absolute atomic E-state index is 0.0546. The number of rotatable bonds is 15. The summed E-state index contributed by atoms with van der Waals surface area (Å²) in [6, 6.07) is -0.144. The van der Waals surface area contributed by atoms with Crippen molar-refractivity contribution in [2.75, 3.05) is 0 Å². The van der Waals surface area contributed by atoms with Crippen LogP contribution in [0.3, 0.4) is 0 Å². The van der Waals surface area contributed by atoms with E-state index in [9.17, 15) is 9.59 Å². The van der Waals surface area contributed by atoms with Crippen LogP contribution < -0.4 is 5.32 Å². The van der Waals surface area contributed by atoms with E-state index in [1.54, 1.807) is 0 Å². The number of nitrogens with one attached hydrogen (secondary N) is 1. The first-order chi connectivity index (χ1) is 10.7. The van der Waals surface area contributed by atoms with Gasteiger partial charge in [-0.2, -0.15) is 0 Å². The van der Waals surface area contributed by atoms with Crippen LogP contribution in [-0.2, 0) is 9.59 Å². The van der Waals surface area contributed by atoms with Crippen molar-refractivity contribution in [3.63, 3.8) is 0 Å². The van der Waals surface area contributed by atoms with Gasteiger partial charge in [-0.25, -0.2) is 0 Å². The van der Waals surface area contributed by atoms with Crippen LogP contribution in [0.4, 0.5) is 0 Å². The molecule has 0 spiro atoms. The predicted molar refractivity (Wildman–Crippen MR) is 91.9 cm³/mol. The van der Waals surface area contributed by atoms with Crippen molar-refractivity contribution in [2.45, 2.75) is 109 Å². The van der Waals surface area contributed by atoms with Gasteiger partial charge < -0.3 is 5.32 Å². The zero-order chi connectivity index (χ0) is 16.0. The quantitative estimate of drug-likeness (QED) is 0.436. The molecule has 0 aliphatic heterocycles. The zero-order valence-electron chi connectivity index (χ0n) is 14.5. The van der Waals surface area contributed by atoms with Gasteiger partial charge in [-0.1, -0.05) is 84.0 Å². The Morgan fingerprint density at radius 1 is 0.864 bits per heavy atom. The third-order valence-electron chi connectivity index (χ3n) is 4.48. The molecule has 1 rings (SSSR count). The van der Waals surface area contributed by atoms with Crippen LogP contribution in [0.25, 0.3) is 0 Å². The Hall–Kier alpha value is -0.860. The van der Waals surface area contributed by atoms with Crippen molar-refractivity contribution in [1.29, 1.82) is 0 Å². The molecule has 0 aromatic heterocycles. The van der Waals surface area contributed by atoms with E-state index >= 15 is 0 Å². The molecule has 0 bridgehead atoms. The SMILES string of the molecule is CCCCCCCCCCCCCCCC(=O)NC1CC1=O. The molecule has 1 aliphatic carbocycles. The van der Waals surface area contributed by atoms with E-state index in [4.69, 9.17) is 0 Å². The lowest BCUT2D eigenvalue weighted by molar-refractivity contribution is -0.122. The molecule has 1 N–H and O–H groups in total. The van der Waals surface area contributed by atoms with E-state index < -0.39 is 0 Å². The minimum atomic E-state index is -0.144. The number of ketones is 1. The highest BCUT2D eigenvalue weighted by molar-refractivity contribution is 6.02. The first kappa shape index (κ1) is 19.2. The molecule has 0 heterocycles. The molecule has 1 unspecified atom stereocenters. The van der Waals surface area contributed by atoms with Crippen LogP contribution in [0.1, 0.15) is 103 Å². The van der Waals surface area contributed by atoms with Gasteiger partial charge >= 0.3 is 0 Å². The monoisotopic (exact) mass is 309 g/mol. The van der Waals surface area contributed by atoms with E-state index in [-0.39, 0.29) is 17.7 Å². The largest absolute Gasteiger partial charge is 0.346 e. The maximum atomic E-state index is 11.5. The smallest absolute Gasteiger partial charge is 0.220 e. The standard InChI is InChI=1S/C19H35NO2/c1-2-3-4-5-6-7-8-9-10-11-12-13-14-15-19(22)20-17-16-18(17)21/h17H,2-16H2,1H3,(H,20,22). The van der Waals surface area contributed by atoms with E-state index in [1.807, 2.05) is 0 Å². The van der Waals surface area contributed by atoms with Crippen molar-refractivity contribution in [1.82, 2.24) is 5.32 Å². The van der Waals surface area contributed by atoms with Crippen molar-refractivity contribution in [3.05, 3.63) is 0 Å². The summed E-state index contributed by atoms with van der Waals surface area (Å²) in [5, 5.41) is 2.76. The maximum Gasteiger partial charge on any atom is 0.220 e. The molecule has 0 aromatic carbocycles. The van der Waals surface area contributed by atoms with Gasteiger partial charge in [-0.3, -0.25) is 9.59 Å². The lowest BCUT2D eigenvalue weighted by atomic mass is 10.0. The van der Waals surface area contributed by atoms with Crippen LogP contribution in [0.15, 0.2) is 0 Å². The molecular weight excluding hydrogens is 274 g/mol. The molecule has 1 atom stereocenters. The molecule has 1 fully saturated rings. The van der Waals surface area contributed by atoms with Crippen molar-refractivity contribution in [3.8, 4) is 0 Å². The van der Waals surface area contributed by atoms with Gasteiger partial charge in [0.2, 0.25) is 5.91 Å². The van der Waals surface area contributed by atoms with Gasteiger partial charge in [0.25, 0.3) is 0 Å².